The van der Waals surface area contributed by atoms with Crippen LogP contribution in [0.3, 0.4) is 0 Å². The standard InChI is InChI=1S/C13H15NO2S2.C2H4O2/c1-8-7-9(15)11-12(10(8)16)18-13(17-11)14-5-3-2-4-6-14;1-2(3)4/h7H,2-6H2,1H3,(H-,15,16);1H3,(H,3,4). The van der Waals surface area contributed by atoms with Crippen LogP contribution in [-0.4, -0.2) is 29.3 Å². The molecule has 1 aliphatic rings. The molecule has 5 nitrogen and oxygen atoms in total. The second kappa shape index (κ2) is 7.11. The Morgan fingerprint density at radius 3 is 2.32 bits per heavy atom. The highest BCUT2D eigenvalue weighted by Gasteiger charge is 2.18. The fourth-order valence-corrected chi connectivity index (χ4v) is 5.03. The van der Waals surface area contributed by atoms with Crippen LogP contribution in [0.5, 0.6) is 11.5 Å². The highest BCUT2D eigenvalue weighted by molar-refractivity contribution is 7.36. The Hall–Kier alpha value is -1.60. The van der Waals surface area contributed by atoms with Gasteiger partial charge in [0.15, 0.2) is 0 Å². The predicted molar refractivity (Wildman–Crippen MR) is 87.3 cm³/mol. The van der Waals surface area contributed by atoms with E-state index < -0.39 is 5.97 Å². The largest absolute Gasteiger partial charge is 0.550 e. The second-order valence-corrected chi connectivity index (χ2v) is 7.49. The van der Waals surface area contributed by atoms with E-state index in [4.69, 9.17) is 9.90 Å². The van der Waals surface area contributed by atoms with Crippen molar-refractivity contribution >= 4 is 38.0 Å². The van der Waals surface area contributed by atoms with Gasteiger partial charge in [-0.25, -0.2) is 4.58 Å². The molecule has 2 heterocycles. The lowest BCUT2D eigenvalue weighted by molar-refractivity contribution is -0.302. The van der Waals surface area contributed by atoms with Crippen molar-refractivity contribution in [3.8, 4) is 11.5 Å². The highest BCUT2D eigenvalue weighted by atomic mass is 32.2. The van der Waals surface area contributed by atoms with E-state index in [0.717, 1.165) is 35.0 Å². The molecule has 2 aromatic rings. The SMILES string of the molecule is CC(=O)[O-].Cc1cc(O)c2sc(=[N+]3CCCCC3)sc2c1O. The molecule has 7 heteroatoms. The quantitative estimate of drug-likeness (QED) is 0.560. The van der Waals surface area contributed by atoms with Gasteiger partial charge in [-0.05, 0) is 31.9 Å². The third-order valence-electron chi connectivity index (χ3n) is 3.37. The van der Waals surface area contributed by atoms with Crippen LogP contribution >= 0.6 is 22.7 Å². The molecule has 0 spiro atoms. The van der Waals surface area contributed by atoms with Crippen LogP contribution in [0, 0.1) is 6.92 Å². The van der Waals surface area contributed by atoms with Crippen LogP contribution in [0.4, 0.5) is 0 Å². The van der Waals surface area contributed by atoms with E-state index in [1.807, 2.05) is 6.92 Å². The number of benzene rings is 1. The number of carboxylic acids is 1. The Labute approximate surface area is 136 Å². The first kappa shape index (κ1) is 16.8. The number of rotatable bonds is 0. The molecule has 2 N–H and O–H groups in total. The van der Waals surface area contributed by atoms with Gasteiger partial charge in [-0.2, -0.15) is 0 Å². The molecule has 1 aliphatic heterocycles. The summed E-state index contributed by atoms with van der Waals surface area (Å²) in [4.78, 5) is 8.89. The van der Waals surface area contributed by atoms with E-state index in [9.17, 15) is 10.2 Å². The number of carboxylic acid groups (broad SMARTS) is 1. The van der Waals surface area contributed by atoms with E-state index in [2.05, 4.69) is 4.58 Å². The Balaban J connectivity index is 0.000000396. The van der Waals surface area contributed by atoms with Crippen molar-refractivity contribution in [2.75, 3.05) is 13.1 Å². The molecular formula is C15H19NO4S2. The number of piperidine rings is 1. The van der Waals surface area contributed by atoms with Gasteiger partial charge in [-0.3, -0.25) is 0 Å². The van der Waals surface area contributed by atoms with Gasteiger partial charge in [0.2, 0.25) is 0 Å². The molecule has 3 rings (SSSR count). The number of aliphatic carboxylic acids is 1. The van der Waals surface area contributed by atoms with E-state index in [0.29, 0.717) is 5.75 Å². The first-order valence-corrected chi connectivity index (χ1v) is 8.74. The lowest BCUT2D eigenvalue weighted by Gasteiger charge is -2.07. The summed E-state index contributed by atoms with van der Waals surface area (Å²) in [5, 5.41) is 28.9. The maximum Gasteiger partial charge on any atom is 0.315 e. The molecule has 0 aliphatic carbocycles. The summed E-state index contributed by atoms with van der Waals surface area (Å²) in [5.41, 5.74) is 0.735. The van der Waals surface area contributed by atoms with Gasteiger partial charge in [0.05, 0.1) is 9.40 Å². The minimum absolute atomic E-state index is 0.282. The summed E-state index contributed by atoms with van der Waals surface area (Å²) in [6.45, 7) is 4.97. The van der Waals surface area contributed by atoms with E-state index >= 15 is 0 Å². The van der Waals surface area contributed by atoms with Crippen molar-refractivity contribution in [2.24, 2.45) is 0 Å². The Bertz CT molecular complexity index is 749. The maximum atomic E-state index is 10.1. The minimum Gasteiger partial charge on any atom is -0.550 e. The molecule has 1 aromatic heterocycles. The number of carbonyl (C=O) groups is 1. The van der Waals surface area contributed by atoms with Crippen molar-refractivity contribution in [1.82, 2.24) is 4.58 Å². The third kappa shape index (κ3) is 3.78. The normalized spacial score (nSPS) is 14.5. The van der Waals surface area contributed by atoms with Crippen LogP contribution in [0.15, 0.2) is 6.07 Å². The number of hydrogen-bond acceptors (Lipinski definition) is 6. The van der Waals surface area contributed by atoms with Gasteiger partial charge in [0.1, 0.15) is 24.6 Å². The van der Waals surface area contributed by atoms with Gasteiger partial charge >= 0.3 is 3.98 Å². The Morgan fingerprint density at radius 1 is 1.18 bits per heavy atom. The lowest BCUT2D eigenvalue weighted by Crippen LogP contribution is -2.31. The molecule has 22 heavy (non-hydrogen) atoms. The summed E-state index contributed by atoms with van der Waals surface area (Å²) in [5.74, 6) is -0.489. The second-order valence-electron chi connectivity index (χ2n) is 5.23. The number of phenolic OH excluding ortho intramolecular Hbond substituents is 2. The number of nitrogens with zero attached hydrogens (tertiary/aromatic N) is 1. The summed E-state index contributed by atoms with van der Waals surface area (Å²) >= 11 is 3.18. The summed E-state index contributed by atoms with van der Waals surface area (Å²) in [6.07, 6.45) is 3.78. The van der Waals surface area contributed by atoms with Crippen molar-refractivity contribution in [3.05, 3.63) is 15.6 Å². The van der Waals surface area contributed by atoms with Gasteiger partial charge in [0, 0.05) is 18.8 Å². The Kier molecular flexibility index (Phi) is 5.42. The molecule has 0 unspecified atom stereocenters. The van der Waals surface area contributed by atoms with Gasteiger partial charge < -0.3 is 20.1 Å². The van der Waals surface area contributed by atoms with E-state index in [1.165, 1.54) is 23.2 Å². The van der Waals surface area contributed by atoms with E-state index in [1.54, 1.807) is 28.7 Å². The molecule has 0 radical (unpaired) electrons. The molecule has 0 atom stereocenters. The zero-order valence-electron chi connectivity index (χ0n) is 12.6. The first-order chi connectivity index (χ1) is 10.4. The number of aryl methyl sites for hydroxylation is 1. The smallest absolute Gasteiger partial charge is 0.315 e. The van der Waals surface area contributed by atoms with Crippen molar-refractivity contribution < 1.29 is 20.1 Å². The Morgan fingerprint density at radius 2 is 1.73 bits per heavy atom. The van der Waals surface area contributed by atoms with Gasteiger partial charge in [0.25, 0.3) is 0 Å². The zero-order chi connectivity index (χ0) is 16.3. The lowest BCUT2D eigenvalue weighted by atomic mass is 10.2. The topological polar surface area (TPSA) is 83.6 Å². The predicted octanol–water partition coefficient (Wildman–Crippen LogP) is 1.39. The van der Waals surface area contributed by atoms with Gasteiger partial charge in [-0.15, -0.1) is 0 Å². The van der Waals surface area contributed by atoms with Crippen molar-refractivity contribution in [3.63, 3.8) is 0 Å². The number of aromatic hydroxyl groups is 2. The third-order valence-corrected chi connectivity index (χ3v) is 6.09. The van der Waals surface area contributed by atoms with Crippen molar-refractivity contribution in [2.45, 2.75) is 33.1 Å². The number of carbonyl (C=O) groups excluding carboxylic acids is 1. The summed E-state index contributed by atoms with van der Waals surface area (Å²) in [7, 11) is 0. The molecular weight excluding hydrogens is 322 g/mol. The number of hydrogen-bond donors (Lipinski definition) is 2. The molecule has 0 amide bonds. The molecule has 120 valence electrons. The molecule has 1 saturated heterocycles. The average molecular weight is 341 g/mol. The molecule has 1 aromatic carbocycles. The molecule has 0 bridgehead atoms. The summed E-state index contributed by atoms with van der Waals surface area (Å²) in [6, 6.07) is 1.64. The van der Waals surface area contributed by atoms with Crippen LogP contribution in [0.2, 0.25) is 0 Å². The van der Waals surface area contributed by atoms with E-state index in [-0.39, 0.29) is 5.75 Å². The number of fused-ring (bicyclic) bond motifs is 1. The van der Waals surface area contributed by atoms with Crippen LogP contribution in [0.1, 0.15) is 31.7 Å². The zero-order valence-corrected chi connectivity index (χ0v) is 14.2. The van der Waals surface area contributed by atoms with Gasteiger partial charge in [-0.1, -0.05) is 22.7 Å². The van der Waals surface area contributed by atoms with Crippen LogP contribution < -0.4 is 13.7 Å². The van der Waals surface area contributed by atoms with Crippen LogP contribution in [0.25, 0.3) is 9.40 Å². The summed E-state index contributed by atoms with van der Waals surface area (Å²) < 4.78 is 5.19. The van der Waals surface area contributed by atoms with Crippen LogP contribution in [-0.2, 0) is 4.79 Å². The maximum absolute atomic E-state index is 10.1. The molecule has 0 saturated carbocycles. The fourth-order valence-electron chi connectivity index (χ4n) is 2.34. The number of phenols is 2. The molecule has 1 fully saturated rings. The van der Waals surface area contributed by atoms with Crippen molar-refractivity contribution in [1.29, 1.82) is 0 Å². The fraction of sp³-hybridized carbons (Fsp3) is 0.467. The monoisotopic (exact) mass is 341 g/mol. The highest BCUT2D eigenvalue weighted by Crippen LogP contribution is 2.38. The first-order valence-electron chi connectivity index (χ1n) is 7.11. The minimum atomic E-state index is -1.08. The average Bonchev–Trinajstić information content (AvgIpc) is 2.91.